The molecule has 0 saturated heterocycles. The van der Waals surface area contributed by atoms with Crippen molar-refractivity contribution >= 4 is 0 Å². The molecule has 106 valence electrons. The first-order chi connectivity index (χ1) is 9.63. The molecular weight excluding hydrogens is 248 g/mol. The highest BCUT2D eigenvalue weighted by Crippen LogP contribution is 2.07. The summed E-state index contributed by atoms with van der Waals surface area (Å²) in [5, 5.41) is 3.42. The summed E-state index contributed by atoms with van der Waals surface area (Å²) < 4.78 is 0. The fourth-order valence-electron chi connectivity index (χ4n) is 2.04. The first-order valence-corrected chi connectivity index (χ1v) is 7.06. The molecule has 2 heterocycles. The van der Waals surface area contributed by atoms with Gasteiger partial charge in [0.05, 0.1) is 5.69 Å². The number of rotatable bonds is 6. The third-order valence-electron chi connectivity index (χ3n) is 2.90. The van der Waals surface area contributed by atoms with Crippen LogP contribution < -0.4 is 5.32 Å². The van der Waals surface area contributed by atoms with Crippen molar-refractivity contribution in [3.8, 4) is 0 Å². The number of hydrogen-bond acceptors (Lipinski definition) is 4. The van der Waals surface area contributed by atoms with E-state index >= 15 is 0 Å². The smallest absolute Gasteiger partial charge is 0.133 e. The molecule has 0 spiro atoms. The van der Waals surface area contributed by atoms with Crippen molar-refractivity contribution in [2.75, 3.05) is 6.54 Å². The van der Waals surface area contributed by atoms with Crippen LogP contribution in [0.15, 0.2) is 30.6 Å². The zero-order valence-electron chi connectivity index (χ0n) is 12.4. The molecule has 0 unspecified atom stereocenters. The standard InChI is InChI=1S/C16H22N4/c1-12(2)9-18-11-15-7-13(3)19-16(20-15)8-14-5-4-6-17-10-14/h4-7,10,12,18H,8-9,11H2,1-3H3. The van der Waals surface area contributed by atoms with Crippen LogP contribution in [0.25, 0.3) is 0 Å². The SMILES string of the molecule is Cc1cc(CNCC(C)C)nc(Cc2cccnc2)n1. The van der Waals surface area contributed by atoms with Crippen LogP contribution in [0, 0.1) is 12.8 Å². The molecule has 0 amide bonds. The maximum Gasteiger partial charge on any atom is 0.133 e. The van der Waals surface area contributed by atoms with E-state index in [0.29, 0.717) is 5.92 Å². The molecule has 0 atom stereocenters. The van der Waals surface area contributed by atoms with Crippen molar-refractivity contribution in [1.29, 1.82) is 0 Å². The Balaban J connectivity index is 2.04. The Bertz CT molecular complexity index is 537. The van der Waals surface area contributed by atoms with Crippen LogP contribution in [0.3, 0.4) is 0 Å². The fraction of sp³-hybridized carbons (Fsp3) is 0.438. The lowest BCUT2D eigenvalue weighted by molar-refractivity contribution is 0.547. The predicted octanol–water partition coefficient (Wildman–Crippen LogP) is 2.52. The molecule has 4 nitrogen and oxygen atoms in total. The van der Waals surface area contributed by atoms with Gasteiger partial charge in [-0.3, -0.25) is 4.98 Å². The molecule has 2 aromatic heterocycles. The van der Waals surface area contributed by atoms with E-state index in [1.807, 2.05) is 25.3 Å². The molecule has 0 bridgehead atoms. The van der Waals surface area contributed by atoms with Gasteiger partial charge in [0, 0.05) is 31.1 Å². The van der Waals surface area contributed by atoms with Gasteiger partial charge in [-0.05, 0) is 37.1 Å². The molecule has 0 aliphatic rings. The molecule has 0 fully saturated rings. The summed E-state index contributed by atoms with van der Waals surface area (Å²) >= 11 is 0. The molecule has 20 heavy (non-hydrogen) atoms. The molecular formula is C16H22N4. The Morgan fingerprint density at radius 2 is 2.10 bits per heavy atom. The van der Waals surface area contributed by atoms with E-state index in [1.54, 1.807) is 6.20 Å². The van der Waals surface area contributed by atoms with Gasteiger partial charge < -0.3 is 5.32 Å². The lowest BCUT2D eigenvalue weighted by Crippen LogP contribution is -2.20. The van der Waals surface area contributed by atoms with Crippen LogP contribution >= 0.6 is 0 Å². The van der Waals surface area contributed by atoms with E-state index in [4.69, 9.17) is 0 Å². The first-order valence-electron chi connectivity index (χ1n) is 7.06. The van der Waals surface area contributed by atoms with E-state index in [1.165, 1.54) is 0 Å². The highest BCUT2D eigenvalue weighted by Gasteiger charge is 2.04. The normalized spacial score (nSPS) is 11.0. The van der Waals surface area contributed by atoms with Crippen LogP contribution in [0.4, 0.5) is 0 Å². The quantitative estimate of drug-likeness (QED) is 0.876. The summed E-state index contributed by atoms with van der Waals surface area (Å²) in [4.78, 5) is 13.3. The molecule has 4 heteroatoms. The zero-order valence-corrected chi connectivity index (χ0v) is 12.4. The van der Waals surface area contributed by atoms with Crippen molar-refractivity contribution < 1.29 is 0 Å². The maximum absolute atomic E-state index is 4.62. The van der Waals surface area contributed by atoms with E-state index in [9.17, 15) is 0 Å². The Kier molecular flexibility index (Phi) is 5.18. The van der Waals surface area contributed by atoms with Gasteiger partial charge in [-0.15, -0.1) is 0 Å². The van der Waals surface area contributed by atoms with Gasteiger partial charge in [0.1, 0.15) is 5.82 Å². The minimum atomic E-state index is 0.646. The average Bonchev–Trinajstić information content (AvgIpc) is 2.38. The Morgan fingerprint density at radius 1 is 1.25 bits per heavy atom. The molecule has 0 saturated carbocycles. The van der Waals surface area contributed by atoms with Crippen LogP contribution in [0.2, 0.25) is 0 Å². The average molecular weight is 270 g/mol. The Labute approximate surface area is 120 Å². The summed E-state index contributed by atoms with van der Waals surface area (Å²) in [6.45, 7) is 8.21. The van der Waals surface area contributed by atoms with Gasteiger partial charge in [0.15, 0.2) is 0 Å². The predicted molar refractivity (Wildman–Crippen MR) is 80.4 cm³/mol. The molecule has 1 N–H and O–H groups in total. The molecule has 2 aromatic rings. The summed E-state index contributed by atoms with van der Waals surface area (Å²) in [6.07, 6.45) is 4.37. The maximum atomic E-state index is 4.62. The topological polar surface area (TPSA) is 50.7 Å². The third-order valence-corrected chi connectivity index (χ3v) is 2.90. The number of aromatic nitrogens is 3. The van der Waals surface area contributed by atoms with Gasteiger partial charge >= 0.3 is 0 Å². The summed E-state index contributed by atoms with van der Waals surface area (Å²) in [7, 11) is 0. The van der Waals surface area contributed by atoms with Gasteiger partial charge in [-0.25, -0.2) is 9.97 Å². The van der Waals surface area contributed by atoms with Crippen molar-refractivity contribution in [3.05, 3.63) is 53.4 Å². The van der Waals surface area contributed by atoms with E-state index in [0.717, 1.165) is 42.3 Å². The summed E-state index contributed by atoms with van der Waals surface area (Å²) in [5.74, 6) is 1.51. The van der Waals surface area contributed by atoms with Crippen LogP contribution in [0.5, 0.6) is 0 Å². The van der Waals surface area contributed by atoms with Crippen LogP contribution in [-0.4, -0.2) is 21.5 Å². The highest BCUT2D eigenvalue weighted by molar-refractivity contribution is 5.17. The van der Waals surface area contributed by atoms with Crippen molar-refractivity contribution in [2.24, 2.45) is 5.92 Å². The Morgan fingerprint density at radius 3 is 2.80 bits per heavy atom. The fourth-order valence-corrected chi connectivity index (χ4v) is 2.04. The lowest BCUT2D eigenvalue weighted by atomic mass is 10.2. The summed E-state index contributed by atoms with van der Waals surface area (Å²) in [5.41, 5.74) is 3.21. The largest absolute Gasteiger partial charge is 0.311 e. The van der Waals surface area contributed by atoms with Gasteiger partial charge in [0.25, 0.3) is 0 Å². The number of nitrogens with one attached hydrogen (secondary N) is 1. The molecule has 0 aliphatic carbocycles. The van der Waals surface area contributed by atoms with Gasteiger partial charge in [-0.1, -0.05) is 19.9 Å². The van der Waals surface area contributed by atoms with Crippen molar-refractivity contribution in [2.45, 2.75) is 33.7 Å². The minimum Gasteiger partial charge on any atom is -0.311 e. The van der Waals surface area contributed by atoms with Crippen LogP contribution in [0.1, 0.15) is 36.6 Å². The first kappa shape index (κ1) is 14.6. The molecule has 0 radical (unpaired) electrons. The van der Waals surface area contributed by atoms with E-state index in [-0.39, 0.29) is 0 Å². The third kappa shape index (κ3) is 4.70. The molecule has 0 aliphatic heterocycles. The van der Waals surface area contributed by atoms with Gasteiger partial charge in [-0.2, -0.15) is 0 Å². The zero-order chi connectivity index (χ0) is 14.4. The van der Waals surface area contributed by atoms with E-state index in [2.05, 4.69) is 40.2 Å². The number of pyridine rings is 1. The second-order valence-corrected chi connectivity index (χ2v) is 5.48. The van der Waals surface area contributed by atoms with Crippen LogP contribution in [-0.2, 0) is 13.0 Å². The number of hydrogen-bond donors (Lipinski definition) is 1. The minimum absolute atomic E-state index is 0.646. The second-order valence-electron chi connectivity index (χ2n) is 5.48. The highest BCUT2D eigenvalue weighted by atomic mass is 14.9. The van der Waals surface area contributed by atoms with Crippen molar-refractivity contribution in [3.63, 3.8) is 0 Å². The van der Waals surface area contributed by atoms with E-state index < -0.39 is 0 Å². The second kappa shape index (κ2) is 7.10. The summed E-state index contributed by atoms with van der Waals surface area (Å²) in [6, 6.07) is 6.03. The lowest BCUT2D eigenvalue weighted by Gasteiger charge is -2.09. The van der Waals surface area contributed by atoms with Crippen molar-refractivity contribution in [1.82, 2.24) is 20.3 Å². The van der Waals surface area contributed by atoms with Gasteiger partial charge in [0.2, 0.25) is 0 Å². The number of nitrogens with zero attached hydrogens (tertiary/aromatic N) is 3. The monoisotopic (exact) mass is 270 g/mol. The molecule has 0 aromatic carbocycles. The Hall–Kier alpha value is -1.81. The molecule has 2 rings (SSSR count). The number of aryl methyl sites for hydroxylation is 1.